The van der Waals surface area contributed by atoms with Crippen LogP contribution in [-0.2, 0) is 17.7 Å². The molecule has 47 heavy (non-hydrogen) atoms. The van der Waals surface area contributed by atoms with Crippen LogP contribution >= 0.6 is 11.3 Å². The first-order valence-electron chi connectivity index (χ1n) is 16.1. The zero-order valence-corrected chi connectivity index (χ0v) is 27.9. The average molecular weight is 653 g/mol. The molecule has 10 heteroatoms. The molecule has 0 radical (unpaired) electrons. The van der Waals surface area contributed by atoms with Crippen molar-refractivity contribution in [3.8, 4) is 27.3 Å². The summed E-state index contributed by atoms with van der Waals surface area (Å²) < 4.78 is 11.4. The van der Waals surface area contributed by atoms with Crippen molar-refractivity contribution in [3.05, 3.63) is 87.6 Å². The molecule has 6 rings (SSSR count). The monoisotopic (exact) mass is 652 g/mol. The third-order valence-corrected chi connectivity index (χ3v) is 10.2. The van der Waals surface area contributed by atoms with Crippen molar-refractivity contribution in [1.29, 1.82) is 0 Å². The molecule has 0 atom stereocenters. The summed E-state index contributed by atoms with van der Waals surface area (Å²) in [5.41, 5.74) is 11.1. The first-order chi connectivity index (χ1) is 22.7. The molecule has 0 saturated heterocycles. The van der Waals surface area contributed by atoms with Crippen LogP contribution in [0.1, 0.15) is 93.5 Å². The summed E-state index contributed by atoms with van der Waals surface area (Å²) in [6, 6.07) is 14.6. The van der Waals surface area contributed by atoms with Crippen LogP contribution in [0, 0.1) is 6.92 Å². The number of aromatic nitrogens is 1. The highest BCUT2D eigenvalue weighted by atomic mass is 32.1. The zero-order valence-electron chi connectivity index (χ0n) is 27.0. The van der Waals surface area contributed by atoms with Crippen LogP contribution in [0.4, 0.5) is 5.69 Å². The highest BCUT2D eigenvalue weighted by molar-refractivity contribution is 7.13. The molecule has 1 fully saturated rings. The van der Waals surface area contributed by atoms with Crippen molar-refractivity contribution in [1.82, 2.24) is 10.3 Å². The Morgan fingerprint density at radius 1 is 0.979 bits per heavy atom. The number of nitrogens with two attached hydrogens (primary N) is 1. The largest absolute Gasteiger partial charge is 0.493 e. The molecule has 4 aromatic rings. The normalized spacial score (nSPS) is 15.2. The first-order valence-corrected chi connectivity index (χ1v) is 17.0. The Labute approximate surface area is 278 Å². The molecule has 1 aliphatic heterocycles. The first kappa shape index (κ1) is 32.4. The minimum Gasteiger partial charge on any atom is -0.493 e. The predicted octanol–water partition coefficient (Wildman–Crippen LogP) is 7.06. The molecule has 1 saturated carbocycles. The SMILES string of the molecule is COC(=O)c1nc(C(=O)NC2(C)CCCCCC2)ccc1-c1cc2c(cc1C(=O)Nc1ccc(CN)cc1C)-c1sccc1CCO2. The quantitative estimate of drug-likeness (QED) is 0.144. The number of ether oxygens (including phenoxy) is 2. The van der Waals surface area contributed by atoms with Gasteiger partial charge in [0.15, 0.2) is 5.69 Å². The van der Waals surface area contributed by atoms with E-state index >= 15 is 0 Å². The van der Waals surface area contributed by atoms with E-state index in [1.807, 2.05) is 36.6 Å². The number of nitrogens with zero attached hydrogens (tertiary/aromatic N) is 1. The number of esters is 1. The lowest BCUT2D eigenvalue weighted by Crippen LogP contribution is -2.45. The molecular formula is C37H40N4O5S. The zero-order chi connectivity index (χ0) is 33.1. The summed E-state index contributed by atoms with van der Waals surface area (Å²) >= 11 is 1.59. The Bertz CT molecular complexity index is 1840. The van der Waals surface area contributed by atoms with Crippen LogP contribution in [0.5, 0.6) is 5.75 Å². The van der Waals surface area contributed by atoms with Gasteiger partial charge < -0.3 is 25.8 Å². The molecule has 2 aliphatic rings. The lowest BCUT2D eigenvalue weighted by Gasteiger charge is -2.29. The number of anilines is 1. The number of hydrogen-bond donors (Lipinski definition) is 3. The number of nitrogens with one attached hydrogen (secondary N) is 2. The van der Waals surface area contributed by atoms with Crippen LogP contribution in [-0.4, -0.2) is 42.0 Å². The number of thiophene rings is 1. The molecule has 3 heterocycles. The number of carbonyl (C=O) groups is 3. The van der Waals surface area contributed by atoms with Crippen molar-refractivity contribution in [2.75, 3.05) is 19.0 Å². The van der Waals surface area contributed by atoms with Gasteiger partial charge >= 0.3 is 5.97 Å². The van der Waals surface area contributed by atoms with Gasteiger partial charge in [0.25, 0.3) is 11.8 Å². The maximum absolute atomic E-state index is 14.2. The van der Waals surface area contributed by atoms with E-state index in [0.29, 0.717) is 41.3 Å². The fourth-order valence-electron chi connectivity index (χ4n) is 6.54. The molecule has 4 N–H and O–H groups in total. The van der Waals surface area contributed by atoms with E-state index < -0.39 is 5.97 Å². The van der Waals surface area contributed by atoms with E-state index in [4.69, 9.17) is 15.2 Å². The summed E-state index contributed by atoms with van der Waals surface area (Å²) in [6.07, 6.45) is 6.89. The maximum Gasteiger partial charge on any atom is 0.357 e. The number of aryl methyl sites for hydroxylation is 1. The number of rotatable bonds is 7. The van der Waals surface area contributed by atoms with Gasteiger partial charge in [-0.15, -0.1) is 11.3 Å². The number of hydrogen-bond acceptors (Lipinski definition) is 8. The van der Waals surface area contributed by atoms with Crippen LogP contribution in [0.2, 0.25) is 0 Å². The van der Waals surface area contributed by atoms with Gasteiger partial charge in [-0.1, -0.05) is 37.8 Å². The molecule has 9 nitrogen and oxygen atoms in total. The van der Waals surface area contributed by atoms with Crippen LogP contribution < -0.4 is 21.1 Å². The lowest BCUT2D eigenvalue weighted by molar-refractivity contribution is 0.0594. The Hall–Kier alpha value is -4.54. The van der Waals surface area contributed by atoms with Gasteiger partial charge in [0.05, 0.1) is 13.7 Å². The van der Waals surface area contributed by atoms with E-state index in [1.54, 1.807) is 29.5 Å². The standard InChI is InChI=1S/C37H40N4O5S/c1-22-18-23(21-38)8-10-29(22)40-34(42)27-19-28-31(46-16-12-24-13-17-47-33(24)28)20-26(27)25-9-11-30(39-32(25)36(44)45-3)35(43)41-37(2)14-6-4-5-7-15-37/h8-11,13,17-20H,4-7,12,14-16,21,38H2,1-3H3,(H,40,42)(H,41,43). The van der Waals surface area contributed by atoms with Crippen LogP contribution in [0.25, 0.3) is 21.6 Å². The second-order valence-electron chi connectivity index (χ2n) is 12.6. The molecule has 2 aromatic heterocycles. The average Bonchev–Trinajstić information content (AvgIpc) is 3.34. The van der Waals surface area contributed by atoms with Gasteiger partial charge in [-0.3, -0.25) is 9.59 Å². The number of benzene rings is 2. The van der Waals surface area contributed by atoms with E-state index in [2.05, 4.69) is 28.6 Å². The second-order valence-corrected chi connectivity index (χ2v) is 13.5. The van der Waals surface area contributed by atoms with Crippen LogP contribution in [0.3, 0.4) is 0 Å². The van der Waals surface area contributed by atoms with Gasteiger partial charge in [0, 0.05) is 51.3 Å². The molecule has 1 aliphatic carbocycles. The highest BCUT2D eigenvalue weighted by Gasteiger charge is 2.30. The molecule has 0 spiro atoms. The minimum absolute atomic E-state index is 0.0610. The third kappa shape index (κ3) is 6.80. The van der Waals surface area contributed by atoms with Crippen molar-refractivity contribution < 1.29 is 23.9 Å². The number of amides is 2. The smallest absolute Gasteiger partial charge is 0.357 e. The summed E-state index contributed by atoms with van der Waals surface area (Å²) in [4.78, 5) is 46.5. The van der Waals surface area contributed by atoms with E-state index in [1.165, 1.54) is 7.11 Å². The van der Waals surface area contributed by atoms with Crippen molar-refractivity contribution in [2.24, 2.45) is 5.73 Å². The Morgan fingerprint density at radius 2 is 1.77 bits per heavy atom. The summed E-state index contributed by atoms with van der Waals surface area (Å²) in [5, 5.41) is 8.27. The summed E-state index contributed by atoms with van der Waals surface area (Å²) in [7, 11) is 1.27. The van der Waals surface area contributed by atoms with Crippen molar-refractivity contribution in [2.45, 2.75) is 70.9 Å². The number of methoxy groups -OCH3 is 1. The van der Waals surface area contributed by atoms with Gasteiger partial charge in [0.1, 0.15) is 11.4 Å². The fourth-order valence-corrected chi connectivity index (χ4v) is 7.51. The Kier molecular flexibility index (Phi) is 9.42. The van der Waals surface area contributed by atoms with Crippen molar-refractivity contribution >= 4 is 34.8 Å². The molecule has 244 valence electrons. The third-order valence-electron chi connectivity index (χ3n) is 9.18. The second kappa shape index (κ2) is 13.7. The Morgan fingerprint density at radius 3 is 2.49 bits per heavy atom. The molecule has 0 bridgehead atoms. The highest BCUT2D eigenvalue weighted by Crippen LogP contribution is 2.43. The Balaban J connectivity index is 1.45. The van der Waals surface area contributed by atoms with Gasteiger partial charge in [-0.2, -0.15) is 0 Å². The number of pyridine rings is 1. The maximum atomic E-state index is 14.2. The van der Waals surface area contributed by atoms with Gasteiger partial charge in [0.2, 0.25) is 0 Å². The summed E-state index contributed by atoms with van der Waals surface area (Å²) in [5.74, 6) is -0.838. The topological polar surface area (TPSA) is 133 Å². The van der Waals surface area contributed by atoms with E-state index in [0.717, 1.165) is 72.1 Å². The van der Waals surface area contributed by atoms with E-state index in [9.17, 15) is 14.4 Å². The minimum atomic E-state index is -0.716. The van der Waals surface area contributed by atoms with Crippen LogP contribution in [0.15, 0.2) is 53.9 Å². The van der Waals surface area contributed by atoms with Gasteiger partial charge in [-0.25, -0.2) is 9.78 Å². The van der Waals surface area contributed by atoms with Crippen molar-refractivity contribution in [3.63, 3.8) is 0 Å². The number of carbonyl (C=O) groups excluding carboxylic acids is 3. The van der Waals surface area contributed by atoms with Gasteiger partial charge in [-0.05, 0) is 85.2 Å². The molecular weight excluding hydrogens is 612 g/mol. The lowest BCUT2D eigenvalue weighted by atomic mass is 9.92. The summed E-state index contributed by atoms with van der Waals surface area (Å²) in [6.45, 7) is 4.84. The molecule has 2 amide bonds. The van der Waals surface area contributed by atoms with E-state index in [-0.39, 0.29) is 28.7 Å². The molecule has 2 aromatic carbocycles. The molecule has 0 unspecified atom stereocenters. The fraction of sp³-hybridized carbons (Fsp3) is 0.351. The number of fused-ring (bicyclic) bond motifs is 3. The predicted molar refractivity (Wildman–Crippen MR) is 184 cm³/mol.